The predicted molar refractivity (Wildman–Crippen MR) is 120 cm³/mol. The number of benzene rings is 2. The van der Waals surface area contributed by atoms with Crippen LogP contribution in [0.1, 0.15) is 5.56 Å². The number of anilines is 1. The third kappa shape index (κ3) is 4.98. The van der Waals surface area contributed by atoms with Crippen LogP contribution >= 0.6 is 39.9 Å². The molecule has 0 unspecified atom stereocenters. The Hall–Kier alpha value is -2.36. The second kappa shape index (κ2) is 9.43. The summed E-state index contributed by atoms with van der Waals surface area (Å²) in [5, 5.41) is 0. The Morgan fingerprint density at radius 2 is 1.93 bits per heavy atom. The molecule has 2 aromatic rings. The summed E-state index contributed by atoms with van der Waals surface area (Å²) in [4.78, 5) is 26.1. The summed E-state index contributed by atoms with van der Waals surface area (Å²) in [6.07, 6.45) is 1.76. The van der Waals surface area contributed by atoms with Gasteiger partial charge in [-0.05, 0) is 64.0 Å². The van der Waals surface area contributed by atoms with Crippen molar-refractivity contribution in [2.45, 2.75) is 0 Å². The molecule has 0 radical (unpaired) electrons. The summed E-state index contributed by atoms with van der Waals surface area (Å²) < 4.78 is 16.2. The molecule has 0 spiro atoms. The zero-order valence-electron chi connectivity index (χ0n) is 15.5. The first-order valence-corrected chi connectivity index (χ1v) is 10.4. The molecule has 0 aliphatic carbocycles. The van der Waals surface area contributed by atoms with Gasteiger partial charge in [-0.25, -0.2) is 4.79 Å². The summed E-state index contributed by atoms with van der Waals surface area (Å²) in [7, 11) is 2.88. The van der Waals surface area contributed by atoms with Gasteiger partial charge in [-0.3, -0.25) is 9.69 Å². The minimum atomic E-state index is -0.469. The monoisotopic (exact) mass is 493 g/mol. The topological polar surface area (TPSA) is 65.1 Å². The fourth-order valence-electron chi connectivity index (χ4n) is 2.49. The number of rotatable bonds is 6. The third-order valence-electron chi connectivity index (χ3n) is 3.95. The van der Waals surface area contributed by atoms with Gasteiger partial charge in [0.15, 0.2) is 10.9 Å². The second-order valence-corrected chi connectivity index (χ2v) is 8.30. The molecule has 1 fully saturated rings. The zero-order chi connectivity index (χ0) is 21.0. The molecule has 1 amide bonds. The molecule has 0 saturated carbocycles. The summed E-state index contributed by atoms with van der Waals surface area (Å²) in [6.45, 7) is -0.186. The summed E-state index contributed by atoms with van der Waals surface area (Å²) in [6, 6.07) is 12.4. The van der Waals surface area contributed by atoms with Gasteiger partial charge < -0.3 is 14.2 Å². The van der Waals surface area contributed by atoms with Crippen LogP contribution in [0.5, 0.6) is 11.5 Å². The molecule has 9 heteroatoms. The van der Waals surface area contributed by atoms with E-state index in [1.165, 1.54) is 23.8 Å². The number of ether oxygens (including phenoxy) is 3. The van der Waals surface area contributed by atoms with Gasteiger partial charge in [-0.2, -0.15) is 0 Å². The Bertz CT molecular complexity index is 991. The van der Waals surface area contributed by atoms with E-state index in [9.17, 15) is 9.59 Å². The molecule has 0 bridgehead atoms. The predicted octanol–water partition coefficient (Wildman–Crippen LogP) is 4.42. The van der Waals surface area contributed by atoms with Crippen LogP contribution in [0.2, 0.25) is 0 Å². The van der Waals surface area contributed by atoms with Crippen LogP contribution in [0.25, 0.3) is 6.08 Å². The van der Waals surface area contributed by atoms with Crippen LogP contribution in [0, 0.1) is 0 Å². The van der Waals surface area contributed by atoms with Crippen molar-refractivity contribution in [2.75, 3.05) is 25.7 Å². The number of esters is 1. The Morgan fingerprint density at radius 1 is 1.21 bits per heavy atom. The van der Waals surface area contributed by atoms with Crippen LogP contribution < -0.4 is 14.4 Å². The molecule has 1 heterocycles. The summed E-state index contributed by atoms with van der Waals surface area (Å²) >= 11 is 10.0. The normalized spacial score (nSPS) is 15.0. The van der Waals surface area contributed by atoms with E-state index in [2.05, 4.69) is 20.7 Å². The Balaban J connectivity index is 1.78. The number of carbonyl (C=O) groups is 2. The first kappa shape index (κ1) is 21.4. The molecule has 0 aromatic heterocycles. The highest BCUT2D eigenvalue weighted by Crippen LogP contribution is 2.37. The third-order valence-corrected chi connectivity index (χ3v) is 5.87. The zero-order valence-corrected chi connectivity index (χ0v) is 18.7. The second-order valence-electron chi connectivity index (χ2n) is 5.77. The van der Waals surface area contributed by atoms with Crippen molar-refractivity contribution in [1.29, 1.82) is 0 Å². The molecule has 2 aromatic carbocycles. The van der Waals surface area contributed by atoms with Gasteiger partial charge in [0.05, 0.1) is 29.3 Å². The van der Waals surface area contributed by atoms with E-state index in [0.717, 1.165) is 5.56 Å². The number of hydrogen-bond acceptors (Lipinski definition) is 7. The average Bonchev–Trinajstić information content (AvgIpc) is 3.00. The van der Waals surface area contributed by atoms with E-state index in [1.54, 1.807) is 55.7 Å². The van der Waals surface area contributed by atoms with Crippen LogP contribution in [-0.2, 0) is 14.3 Å². The SMILES string of the molecule is COC(=O)COc1ccc(/C=C2\SC(=S)N(c3ccc(OC)cc3)C2=O)cc1Br. The number of thiocarbonyl (C=S) groups is 1. The number of nitrogens with zero attached hydrogens (tertiary/aromatic N) is 1. The van der Waals surface area contributed by atoms with Crippen LogP contribution in [0.3, 0.4) is 0 Å². The number of amides is 1. The number of hydrogen-bond donors (Lipinski definition) is 0. The lowest BCUT2D eigenvalue weighted by Gasteiger charge is -2.14. The van der Waals surface area contributed by atoms with Crippen LogP contribution in [0.15, 0.2) is 51.8 Å². The molecule has 1 aliphatic rings. The van der Waals surface area contributed by atoms with Gasteiger partial charge >= 0.3 is 5.97 Å². The molecule has 6 nitrogen and oxygen atoms in total. The molecular weight excluding hydrogens is 478 g/mol. The highest BCUT2D eigenvalue weighted by Gasteiger charge is 2.33. The van der Waals surface area contributed by atoms with E-state index in [-0.39, 0.29) is 12.5 Å². The van der Waals surface area contributed by atoms with Gasteiger partial charge in [0.2, 0.25) is 0 Å². The number of thioether (sulfide) groups is 1. The van der Waals surface area contributed by atoms with Crippen molar-refractivity contribution < 1.29 is 23.8 Å². The molecule has 150 valence electrons. The standard InChI is InChI=1S/C20H16BrNO5S2/c1-25-14-6-4-13(5-7-14)22-19(24)17(29-20(22)28)10-12-3-8-16(15(21)9-12)27-11-18(23)26-2/h3-10H,11H2,1-2H3/b17-10-. The van der Waals surface area contributed by atoms with E-state index in [0.29, 0.717) is 30.9 Å². The lowest BCUT2D eigenvalue weighted by Crippen LogP contribution is -2.27. The van der Waals surface area contributed by atoms with Gasteiger partial charge in [0.1, 0.15) is 11.5 Å². The first-order chi connectivity index (χ1) is 13.9. The van der Waals surface area contributed by atoms with E-state index in [1.807, 2.05) is 0 Å². The van der Waals surface area contributed by atoms with Gasteiger partial charge in [0, 0.05) is 0 Å². The fourth-order valence-corrected chi connectivity index (χ4v) is 4.30. The molecule has 3 rings (SSSR count). The van der Waals surface area contributed by atoms with Gasteiger partial charge in [0.25, 0.3) is 5.91 Å². The largest absolute Gasteiger partial charge is 0.497 e. The van der Waals surface area contributed by atoms with Crippen LogP contribution in [0.4, 0.5) is 5.69 Å². The minimum absolute atomic E-state index is 0.186. The van der Waals surface area contributed by atoms with Gasteiger partial charge in [-0.15, -0.1) is 0 Å². The minimum Gasteiger partial charge on any atom is -0.497 e. The van der Waals surface area contributed by atoms with Crippen molar-refractivity contribution >= 4 is 67.9 Å². The van der Waals surface area contributed by atoms with Crippen molar-refractivity contribution in [3.8, 4) is 11.5 Å². The highest BCUT2D eigenvalue weighted by atomic mass is 79.9. The van der Waals surface area contributed by atoms with Crippen molar-refractivity contribution in [1.82, 2.24) is 0 Å². The maximum absolute atomic E-state index is 12.9. The summed E-state index contributed by atoms with van der Waals surface area (Å²) in [5.41, 5.74) is 1.47. The molecule has 1 saturated heterocycles. The Labute approximate surface area is 185 Å². The Morgan fingerprint density at radius 3 is 2.55 bits per heavy atom. The molecule has 29 heavy (non-hydrogen) atoms. The van der Waals surface area contributed by atoms with E-state index < -0.39 is 5.97 Å². The maximum Gasteiger partial charge on any atom is 0.343 e. The maximum atomic E-state index is 12.9. The lowest BCUT2D eigenvalue weighted by molar-refractivity contribution is -0.142. The lowest BCUT2D eigenvalue weighted by atomic mass is 10.2. The van der Waals surface area contributed by atoms with Crippen molar-refractivity contribution in [2.24, 2.45) is 0 Å². The van der Waals surface area contributed by atoms with E-state index >= 15 is 0 Å². The van der Waals surface area contributed by atoms with Crippen molar-refractivity contribution in [3.63, 3.8) is 0 Å². The summed E-state index contributed by atoms with van der Waals surface area (Å²) in [5.74, 6) is 0.544. The average molecular weight is 494 g/mol. The van der Waals surface area contributed by atoms with Crippen molar-refractivity contribution in [3.05, 3.63) is 57.4 Å². The molecule has 1 aliphatic heterocycles. The molecule has 0 N–H and O–H groups in total. The highest BCUT2D eigenvalue weighted by molar-refractivity contribution is 9.10. The fraction of sp³-hybridized carbons (Fsp3) is 0.150. The van der Waals surface area contributed by atoms with Gasteiger partial charge in [-0.1, -0.05) is 30.0 Å². The Kier molecular flexibility index (Phi) is 6.94. The quantitative estimate of drug-likeness (QED) is 0.335. The number of carbonyl (C=O) groups excluding carboxylic acids is 2. The van der Waals surface area contributed by atoms with Crippen LogP contribution in [-0.4, -0.2) is 37.0 Å². The molecule has 0 atom stereocenters. The molecular formula is C20H16BrNO5S2. The first-order valence-electron chi connectivity index (χ1n) is 8.34. The number of halogens is 1. The smallest absolute Gasteiger partial charge is 0.343 e. The number of methoxy groups -OCH3 is 2. The van der Waals surface area contributed by atoms with E-state index in [4.69, 9.17) is 21.7 Å².